The Kier molecular flexibility index (Phi) is 5.64. The SMILES string of the molecule is CCCNc1nnc(SC(C)C(=O)Nc2nc3ccccc3s2)s1. The van der Waals surface area contributed by atoms with E-state index < -0.39 is 0 Å². The van der Waals surface area contributed by atoms with E-state index in [4.69, 9.17) is 0 Å². The molecule has 2 aromatic heterocycles. The molecule has 0 bridgehead atoms. The molecule has 0 spiro atoms. The molecular formula is C15H17N5OS3. The van der Waals surface area contributed by atoms with Crippen molar-refractivity contribution in [3.63, 3.8) is 0 Å². The topological polar surface area (TPSA) is 79.8 Å². The van der Waals surface area contributed by atoms with Crippen molar-refractivity contribution in [2.45, 2.75) is 29.9 Å². The molecule has 1 unspecified atom stereocenters. The van der Waals surface area contributed by atoms with Gasteiger partial charge in [-0.3, -0.25) is 4.79 Å². The highest BCUT2D eigenvalue weighted by Crippen LogP contribution is 2.30. The fourth-order valence-corrected chi connectivity index (χ4v) is 4.69. The fourth-order valence-electron chi connectivity index (χ4n) is 1.90. The Morgan fingerprint density at radius 2 is 2.08 bits per heavy atom. The minimum atomic E-state index is -0.274. The summed E-state index contributed by atoms with van der Waals surface area (Å²) in [5.41, 5.74) is 0.897. The van der Waals surface area contributed by atoms with E-state index in [-0.39, 0.29) is 11.2 Å². The number of thiazole rings is 1. The highest BCUT2D eigenvalue weighted by Gasteiger charge is 2.18. The van der Waals surface area contributed by atoms with Crippen LogP contribution in [-0.2, 0) is 4.79 Å². The Bertz CT molecular complexity index is 798. The monoisotopic (exact) mass is 379 g/mol. The summed E-state index contributed by atoms with van der Waals surface area (Å²) in [4.78, 5) is 16.8. The fraction of sp³-hybridized carbons (Fsp3) is 0.333. The standard InChI is InChI=1S/C15H17N5OS3/c1-3-8-16-13-19-20-15(24-13)22-9(2)12(21)18-14-17-10-6-4-5-7-11(10)23-14/h4-7,9H,3,8H2,1-2H3,(H,16,19)(H,17,18,21). The molecule has 0 saturated carbocycles. The number of fused-ring (bicyclic) bond motifs is 1. The van der Waals surface area contributed by atoms with Gasteiger partial charge < -0.3 is 10.6 Å². The number of amides is 1. The van der Waals surface area contributed by atoms with Gasteiger partial charge in [-0.2, -0.15) is 0 Å². The first-order valence-corrected chi connectivity index (χ1v) is 10.1. The van der Waals surface area contributed by atoms with Gasteiger partial charge in [0, 0.05) is 6.54 Å². The second-order valence-corrected chi connectivity index (χ2v) is 8.63. The van der Waals surface area contributed by atoms with Crippen LogP contribution in [0.25, 0.3) is 10.2 Å². The minimum absolute atomic E-state index is 0.0858. The van der Waals surface area contributed by atoms with Crippen LogP contribution in [0.15, 0.2) is 28.6 Å². The summed E-state index contributed by atoms with van der Waals surface area (Å²) in [5, 5.41) is 15.4. The zero-order valence-corrected chi connectivity index (χ0v) is 15.7. The first-order valence-electron chi connectivity index (χ1n) is 7.56. The Labute approximate surface area is 152 Å². The Balaban J connectivity index is 1.59. The molecule has 126 valence electrons. The van der Waals surface area contributed by atoms with Crippen LogP contribution in [-0.4, -0.2) is 32.9 Å². The van der Waals surface area contributed by atoms with Gasteiger partial charge in [-0.25, -0.2) is 4.98 Å². The van der Waals surface area contributed by atoms with Crippen molar-refractivity contribution in [1.29, 1.82) is 0 Å². The van der Waals surface area contributed by atoms with E-state index in [1.807, 2.05) is 31.2 Å². The average molecular weight is 380 g/mol. The lowest BCUT2D eigenvalue weighted by Crippen LogP contribution is -2.22. The van der Waals surface area contributed by atoms with Crippen LogP contribution in [0.5, 0.6) is 0 Å². The molecule has 0 aliphatic rings. The molecule has 1 atom stereocenters. The number of anilines is 2. The van der Waals surface area contributed by atoms with Crippen molar-refractivity contribution < 1.29 is 4.79 Å². The Hall–Kier alpha value is -1.71. The molecule has 0 saturated heterocycles. The number of para-hydroxylation sites is 1. The van der Waals surface area contributed by atoms with Crippen LogP contribution in [0.3, 0.4) is 0 Å². The van der Waals surface area contributed by atoms with E-state index in [9.17, 15) is 4.79 Å². The summed E-state index contributed by atoms with van der Waals surface area (Å²) in [7, 11) is 0. The van der Waals surface area contributed by atoms with Crippen LogP contribution in [0.2, 0.25) is 0 Å². The van der Waals surface area contributed by atoms with Crippen molar-refractivity contribution in [3.05, 3.63) is 24.3 Å². The third kappa shape index (κ3) is 4.22. The van der Waals surface area contributed by atoms with E-state index in [1.165, 1.54) is 34.4 Å². The molecule has 0 radical (unpaired) electrons. The number of nitrogens with zero attached hydrogens (tertiary/aromatic N) is 3. The summed E-state index contributed by atoms with van der Waals surface area (Å²) < 4.78 is 1.84. The van der Waals surface area contributed by atoms with E-state index >= 15 is 0 Å². The smallest absolute Gasteiger partial charge is 0.239 e. The number of carbonyl (C=O) groups is 1. The minimum Gasteiger partial charge on any atom is -0.360 e. The molecule has 6 nitrogen and oxygen atoms in total. The van der Waals surface area contributed by atoms with Crippen LogP contribution in [0.4, 0.5) is 10.3 Å². The summed E-state index contributed by atoms with van der Waals surface area (Å²) in [6.07, 6.45) is 1.03. The normalized spacial score (nSPS) is 12.2. The third-order valence-corrected chi connectivity index (χ3v) is 6.12. The third-order valence-electron chi connectivity index (χ3n) is 3.10. The first-order chi connectivity index (χ1) is 11.7. The molecule has 0 aliphatic carbocycles. The second kappa shape index (κ2) is 7.91. The lowest BCUT2D eigenvalue weighted by molar-refractivity contribution is -0.115. The van der Waals surface area contributed by atoms with Gasteiger partial charge in [-0.15, -0.1) is 10.2 Å². The molecule has 9 heteroatoms. The number of thioether (sulfide) groups is 1. The van der Waals surface area contributed by atoms with Gasteiger partial charge in [0.15, 0.2) is 9.47 Å². The van der Waals surface area contributed by atoms with E-state index in [0.29, 0.717) is 5.13 Å². The van der Waals surface area contributed by atoms with Crippen molar-refractivity contribution in [2.75, 3.05) is 17.2 Å². The molecule has 3 aromatic rings. The Morgan fingerprint density at radius 1 is 1.25 bits per heavy atom. The van der Waals surface area contributed by atoms with Crippen molar-refractivity contribution in [1.82, 2.24) is 15.2 Å². The number of hydrogen-bond donors (Lipinski definition) is 2. The summed E-state index contributed by atoms with van der Waals surface area (Å²) in [6, 6.07) is 7.83. The maximum absolute atomic E-state index is 12.3. The molecule has 2 N–H and O–H groups in total. The first kappa shape index (κ1) is 17.1. The van der Waals surface area contributed by atoms with E-state index in [2.05, 4.69) is 32.7 Å². The number of rotatable bonds is 7. The quantitative estimate of drug-likeness (QED) is 0.602. The molecule has 0 aliphatic heterocycles. The highest BCUT2D eigenvalue weighted by atomic mass is 32.2. The van der Waals surface area contributed by atoms with Gasteiger partial charge in [0.05, 0.1) is 15.5 Å². The van der Waals surface area contributed by atoms with Gasteiger partial charge >= 0.3 is 0 Å². The zero-order valence-electron chi connectivity index (χ0n) is 13.3. The molecular weight excluding hydrogens is 362 g/mol. The molecule has 1 amide bonds. The number of benzene rings is 1. The van der Waals surface area contributed by atoms with Crippen LogP contribution in [0, 0.1) is 0 Å². The van der Waals surface area contributed by atoms with Gasteiger partial charge in [-0.05, 0) is 25.5 Å². The maximum atomic E-state index is 12.3. The lowest BCUT2D eigenvalue weighted by Gasteiger charge is -2.07. The van der Waals surface area contributed by atoms with Crippen LogP contribution < -0.4 is 10.6 Å². The number of nitrogens with one attached hydrogen (secondary N) is 2. The van der Waals surface area contributed by atoms with Gasteiger partial charge in [0.1, 0.15) is 0 Å². The molecule has 0 fully saturated rings. The summed E-state index contributed by atoms with van der Waals surface area (Å²) in [6.45, 7) is 4.82. The van der Waals surface area contributed by atoms with Crippen LogP contribution >= 0.6 is 34.4 Å². The zero-order chi connectivity index (χ0) is 16.9. The molecule has 24 heavy (non-hydrogen) atoms. The summed E-state index contributed by atoms with van der Waals surface area (Å²) >= 11 is 4.34. The predicted octanol–water partition coefficient (Wildman–Crippen LogP) is 4.09. The van der Waals surface area contributed by atoms with E-state index in [0.717, 1.165) is 32.7 Å². The van der Waals surface area contributed by atoms with Crippen molar-refractivity contribution in [2.24, 2.45) is 0 Å². The molecule has 3 rings (SSSR count). The van der Waals surface area contributed by atoms with Crippen molar-refractivity contribution in [3.8, 4) is 0 Å². The number of carbonyl (C=O) groups excluding carboxylic acids is 1. The lowest BCUT2D eigenvalue weighted by atomic mass is 10.3. The van der Waals surface area contributed by atoms with Gasteiger partial charge in [0.25, 0.3) is 0 Å². The van der Waals surface area contributed by atoms with Crippen LogP contribution in [0.1, 0.15) is 20.3 Å². The maximum Gasteiger partial charge on any atom is 0.239 e. The Morgan fingerprint density at radius 3 is 2.88 bits per heavy atom. The predicted molar refractivity (Wildman–Crippen MR) is 102 cm³/mol. The number of hydrogen-bond acceptors (Lipinski definition) is 8. The molecule has 2 heterocycles. The van der Waals surface area contributed by atoms with Gasteiger partial charge in [-0.1, -0.05) is 53.5 Å². The average Bonchev–Trinajstić information content (AvgIpc) is 3.18. The van der Waals surface area contributed by atoms with E-state index in [1.54, 1.807) is 0 Å². The number of aromatic nitrogens is 3. The van der Waals surface area contributed by atoms with Crippen molar-refractivity contribution >= 4 is 60.8 Å². The van der Waals surface area contributed by atoms with Gasteiger partial charge in [0.2, 0.25) is 11.0 Å². The highest BCUT2D eigenvalue weighted by molar-refractivity contribution is 8.02. The molecule has 1 aromatic carbocycles. The largest absolute Gasteiger partial charge is 0.360 e. The second-order valence-electron chi connectivity index (χ2n) is 5.04. The summed E-state index contributed by atoms with van der Waals surface area (Å²) in [5.74, 6) is -0.0858.